The number of aryl methyl sites for hydroxylation is 2. The van der Waals surface area contributed by atoms with Crippen molar-refractivity contribution in [1.82, 2.24) is 0 Å². The van der Waals surface area contributed by atoms with Crippen LogP contribution in [0.1, 0.15) is 65.5 Å². The van der Waals surface area contributed by atoms with Crippen LogP contribution >= 0.6 is 0 Å². The SMILES string of the molecule is Cc1ccc(C2c3c(cc(C)c(N4CCC(c5ccccc5)C4)c3C)OC2(C)C)cc1. The third-order valence-electron chi connectivity index (χ3n) is 7.29. The summed E-state index contributed by atoms with van der Waals surface area (Å²) in [4.78, 5) is 2.61. The van der Waals surface area contributed by atoms with E-state index in [9.17, 15) is 0 Å². The van der Waals surface area contributed by atoms with E-state index in [0.717, 1.165) is 18.8 Å². The summed E-state index contributed by atoms with van der Waals surface area (Å²) in [6, 6.07) is 22.3. The summed E-state index contributed by atoms with van der Waals surface area (Å²) < 4.78 is 6.54. The highest BCUT2D eigenvalue weighted by molar-refractivity contribution is 5.69. The fourth-order valence-electron chi connectivity index (χ4n) is 5.86. The molecule has 0 saturated carbocycles. The molecule has 31 heavy (non-hydrogen) atoms. The lowest BCUT2D eigenvalue weighted by Gasteiger charge is -2.28. The largest absolute Gasteiger partial charge is 0.487 e. The van der Waals surface area contributed by atoms with Gasteiger partial charge in [0.25, 0.3) is 0 Å². The van der Waals surface area contributed by atoms with Crippen LogP contribution in [-0.2, 0) is 0 Å². The number of nitrogens with zero attached hydrogens (tertiary/aromatic N) is 1. The smallest absolute Gasteiger partial charge is 0.124 e. The van der Waals surface area contributed by atoms with Crippen LogP contribution in [0.25, 0.3) is 0 Å². The van der Waals surface area contributed by atoms with E-state index in [1.807, 2.05) is 0 Å². The van der Waals surface area contributed by atoms with Crippen LogP contribution in [0.4, 0.5) is 5.69 Å². The molecule has 0 aromatic heterocycles. The minimum absolute atomic E-state index is 0.245. The number of rotatable bonds is 3. The summed E-state index contributed by atoms with van der Waals surface area (Å²) in [5.41, 5.74) is 9.34. The summed E-state index contributed by atoms with van der Waals surface area (Å²) in [6.45, 7) is 13.4. The van der Waals surface area contributed by atoms with Crippen LogP contribution < -0.4 is 9.64 Å². The molecule has 2 heterocycles. The third-order valence-corrected chi connectivity index (χ3v) is 7.29. The second-order valence-corrected chi connectivity index (χ2v) is 9.97. The lowest BCUT2D eigenvalue weighted by molar-refractivity contribution is 0.122. The second-order valence-electron chi connectivity index (χ2n) is 9.97. The molecule has 2 unspecified atom stereocenters. The Morgan fingerprint density at radius 2 is 1.61 bits per heavy atom. The third kappa shape index (κ3) is 3.43. The van der Waals surface area contributed by atoms with Gasteiger partial charge in [-0.05, 0) is 69.4 Å². The van der Waals surface area contributed by atoms with E-state index in [1.54, 1.807) is 0 Å². The summed E-state index contributed by atoms with van der Waals surface area (Å²) >= 11 is 0. The summed E-state index contributed by atoms with van der Waals surface area (Å²) in [5.74, 6) is 1.91. The van der Waals surface area contributed by atoms with Crippen LogP contribution in [0, 0.1) is 20.8 Å². The van der Waals surface area contributed by atoms with Gasteiger partial charge in [0.1, 0.15) is 11.4 Å². The molecule has 2 heteroatoms. The molecule has 5 rings (SSSR count). The second kappa shape index (κ2) is 7.44. The molecule has 160 valence electrons. The van der Waals surface area contributed by atoms with Gasteiger partial charge >= 0.3 is 0 Å². The van der Waals surface area contributed by atoms with Crippen LogP contribution in [-0.4, -0.2) is 18.7 Å². The molecule has 2 aliphatic rings. The van der Waals surface area contributed by atoms with E-state index in [2.05, 4.69) is 100 Å². The maximum atomic E-state index is 6.54. The van der Waals surface area contributed by atoms with Crippen LogP contribution in [0.2, 0.25) is 0 Å². The number of benzene rings is 3. The Morgan fingerprint density at radius 1 is 0.903 bits per heavy atom. The van der Waals surface area contributed by atoms with Crippen molar-refractivity contribution in [2.75, 3.05) is 18.0 Å². The average molecular weight is 412 g/mol. The summed E-state index contributed by atoms with van der Waals surface area (Å²) in [6.07, 6.45) is 1.21. The Bertz CT molecular complexity index is 1100. The minimum atomic E-state index is -0.259. The fraction of sp³-hybridized carbons (Fsp3) is 0.379. The Hall–Kier alpha value is -2.74. The van der Waals surface area contributed by atoms with Gasteiger partial charge in [-0.15, -0.1) is 0 Å². The van der Waals surface area contributed by atoms with E-state index < -0.39 is 0 Å². The molecule has 0 bridgehead atoms. The van der Waals surface area contributed by atoms with Crippen LogP contribution in [0.15, 0.2) is 60.7 Å². The highest BCUT2D eigenvalue weighted by atomic mass is 16.5. The Kier molecular flexibility index (Phi) is 4.84. The lowest BCUT2D eigenvalue weighted by atomic mass is 9.79. The zero-order valence-corrected chi connectivity index (χ0v) is 19.4. The predicted molar refractivity (Wildman–Crippen MR) is 130 cm³/mol. The quantitative estimate of drug-likeness (QED) is 0.464. The first-order valence-electron chi connectivity index (χ1n) is 11.5. The maximum absolute atomic E-state index is 6.54. The van der Waals surface area contributed by atoms with Gasteiger partial charge < -0.3 is 9.64 Å². The van der Waals surface area contributed by atoms with Gasteiger partial charge in [-0.2, -0.15) is 0 Å². The van der Waals surface area contributed by atoms with Crippen molar-refractivity contribution < 1.29 is 4.74 Å². The van der Waals surface area contributed by atoms with E-state index in [1.165, 1.54) is 45.5 Å². The van der Waals surface area contributed by atoms with Crippen molar-refractivity contribution in [3.05, 3.63) is 94.0 Å². The molecule has 0 aliphatic carbocycles. The number of anilines is 1. The summed E-state index contributed by atoms with van der Waals surface area (Å²) in [5, 5.41) is 0. The molecular formula is C29H33NO. The number of hydrogen-bond donors (Lipinski definition) is 0. The fourth-order valence-corrected chi connectivity index (χ4v) is 5.86. The van der Waals surface area contributed by atoms with E-state index in [-0.39, 0.29) is 11.5 Å². The van der Waals surface area contributed by atoms with Gasteiger partial charge in [-0.3, -0.25) is 0 Å². The van der Waals surface area contributed by atoms with E-state index in [0.29, 0.717) is 5.92 Å². The zero-order valence-electron chi connectivity index (χ0n) is 19.4. The molecule has 0 amide bonds. The summed E-state index contributed by atoms with van der Waals surface area (Å²) in [7, 11) is 0. The van der Waals surface area contributed by atoms with Gasteiger partial charge in [0, 0.05) is 30.3 Å². The maximum Gasteiger partial charge on any atom is 0.124 e. The van der Waals surface area contributed by atoms with Crippen molar-refractivity contribution >= 4 is 5.69 Å². The van der Waals surface area contributed by atoms with Gasteiger partial charge in [0.05, 0.1) is 5.92 Å². The Balaban J connectivity index is 1.55. The number of ether oxygens (including phenoxy) is 1. The minimum Gasteiger partial charge on any atom is -0.487 e. The lowest BCUT2D eigenvalue weighted by Crippen LogP contribution is -2.31. The molecule has 0 radical (unpaired) electrons. The van der Waals surface area contributed by atoms with Crippen molar-refractivity contribution in [2.45, 2.75) is 58.5 Å². The molecule has 3 aromatic rings. The van der Waals surface area contributed by atoms with Gasteiger partial charge in [0.2, 0.25) is 0 Å². The molecule has 1 saturated heterocycles. The Morgan fingerprint density at radius 3 is 2.32 bits per heavy atom. The number of hydrogen-bond acceptors (Lipinski definition) is 2. The molecule has 2 nitrogen and oxygen atoms in total. The average Bonchev–Trinajstić information content (AvgIpc) is 3.31. The van der Waals surface area contributed by atoms with E-state index >= 15 is 0 Å². The van der Waals surface area contributed by atoms with Gasteiger partial charge in [-0.25, -0.2) is 0 Å². The molecule has 1 fully saturated rings. The van der Waals surface area contributed by atoms with Crippen molar-refractivity contribution in [1.29, 1.82) is 0 Å². The molecule has 0 spiro atoms. The first kappa shape index (κ1) is 20.2. The standard InChI is InChI=1S/C29H33NO/c1-19-11-13-23(14-12-19)27-26-21(3)28(20(2)17-25(26)31-29(27,4)5)30-16-15-24(18-30)22-9-7-6-8-10-22/h6-14,17,24,27H,15-16,18H2,1-5H3. The molecular weight excluding hydrogens is 378 g/mol. The number of fused-ring (bicyclic) bond motifs is 1. The van der Waals surface area contributed by atoms with Crippen LogP contribution in [0.5, 0.6) is 5.75 Å². The van der Waals surface area contributed by atoms with Gasteiger partial charge in [0.15, 0.2) is 0 Å². The first-order chi connectivity index (χ1) is 14.8. The van der Waals surface area contributed by atoms with Gasteiger partial charge in [-0.1, -0.05) is 60.2 Å². The zero-order chi connectivity index (χ0) is 21.8. The molecule has 2 aliphatic heterocycles. The van der Waals surface area contributed by atoms with E-state index in [4.69, 9.17) is 4.74 Å². The molecule has 0 N–H and O–H groups in total. The normalized spacial score (nSPS) is 21.8. The van der Waals surface area contributed by atoms with Crippen molar-refractivity contribution in [3.8, 4) is 5.75 Å². The van der Waals surface area contributed by atoms with Crippen LogP contribution in [0.3, 0.4) is 0 Å². The monoisotopic (exact) mass is 411 g/mol. The Labute approximate surface area is 186 Å². The van der Waals surface area contributed by atoms with Crippen molar-refractivity contribution in [2.24, 2.45) is 0 Å². The highest BCUT2D eigenvalue weighted by Gasteiger charge is 2.44. The highest BCUT2D eigenvalue weighted by Crippen LogP contribution is 2.52. The first-order valence-corrected chi connectivity index (χ1v) is 11.5. The molecule has 2 atom stereocenters. The topological polar surface area (TPSA) is 12.5 Å². The predicted octanol–water partition coefficient (Wildman–Crippen LogP) is 6.91. The molecule has 3 aromatic carbocycles. The van der Waals surface area contributed by atoms with Crippen molar-refractivity contribution in [3.63, 3.8) is 0 Å².